The van der Waals surface area contributed by atoms with Crippen LogP contribution in [0.25, 0.3) is 0 Å². The zero-order valence-electron chi connectivity index (χ0n) is 13.9. The highest BCUT2D eigenvalue weighted by Gasteiger charge is 2.28. The van der Waals surface area contributed by atoms with Crippen LogP contribution < -0.4 is 5.32 Å². The van der Waals surface area contributed by atoms with E-state index >= 15 is 0 Å². The van der Waals surface area contributed by atoms with Gasteiger partial charge in [0.1, 0.15) is 12.0 Å². The summed E-state index contributed by atoms with van der Waals surface area (Å²) in [7, 11) is 0. The number of aromatic nitrogens is 3. The second-order valence-corrected chi connectivity index (χ2v) is 6.75. The van der Waals surface area contributed by atoms with E-state index in [1.54, 1.807) is 0 Å². The van der Waals surface area contributed by atoms with Crippen LogP contribution in [0.3, 0.4) is 0 Å². The number of nitriles is 1. The van der Waals surface area contributed by atoms with Gasteiger partial charge in [-0.1, -0.05) is 12.8 Å². The lowest BCUT2D eigenvalue weighted by atomic mass is 9.96. The molecule has 1 fully saturated rings. The van der Waals surface area contributed by atoms with Gasteiger partial charge in [-0.15, -0.1) is 0 Å². The van der Waals surface area contributed by atoms with Crippen molar-refractivity contribution >= 4 is 11.5 Å². The fourth-order valence-corrected chi connectivity index (χ4v) is 3.97. The Hall–Kier alpha value is -2.55. The SMILES string of the molecule is CC1N=C(c2cnn([C@H](CC#N)C3CCCC3)c2)c2cc[nH]c2N1. The van der Waals surface area contributed by atoms with E-state index in [4.69, 9.17) is 4.99 Å². The van der Waals surface area contributed by atoms with Crippen LogP contribution >= 0.6 is 0 Å². The molecular weight excluding hydrogens is 300 g/mol. The van der Waals surface area contributed by atoms with E-state index < -0.39 is 0 Å². The molecule has 24 heavy (non-hydrogen) atoms. The summed E-state index contributed by atoms with van der Waals surface area (Å²) in [5.41, 5.74) is 3.06. The molecule has 4 rings (SSSR count). The van der Waals surface area contributed by atoms with Crippen LogP contribution in [0.2, 0.25) is 0 Å². The summed E-state index contributed by atoms with van der Waals surface area (Å²) in [5.74, 6) is 1.57. The zero-order chi connectivity index (χ0) is 16.5. The number of aliphatic imine (C=N–C) groups is 1. The first-order valence-electron chi connectivity index (χ1n) is 8.70. The number of nitrogens with zero attached hydrogens (tertiary/aromatic N) is 4. The van der Waals surface area contributed by atoms with Gasteiger partial charge in [0.2, 0.25) is 0 Å². The van der Waals surface area contributed by atoms with Crippen molar-refractivity contribution in [3.63, 3.8) is 0 Å². The van der Waals surface area contributed by atoms with Crippen molar-refractivity contribution in [3.8, 4) is 6.07 Å². The Bertz CT molecular complexity index is 787. The van der Waals surface area contributed by atoms with Crippen molar-refractivity contribution in [2.45, 2.75) is 51.2 Å². The molecule has 2 aromatic rings. The van der Waals surface area contributed by atoms with E-state index in [1.165, 1.54) is 25.7 Å². The van der Waals surface area contributed by atoms with Crippen molar-refractivity contribution in [2.75, 3.05) is 5.32 Å². The molecule has 2 aromatic heterocycles. The largest absolute Gasteiger partial charge is 0.350 e. The minimum Gasteiger partial charge on any atom is -0.350 e. The van der Waals surface area contributed by atoms with Gasteiger partial charge < -0.3 is 10.3 Å². The van der Waals surface area contributed by atoms with Gasteiger partial charge in [-0.2, -0.15) is 10.4 Å². The molecule has 0 bridgehead atoms. The summed E-state index contributed by atoms with van der Waals surface area (Å²) < 4.78 is 2.00. The van der Waals surface area contributed by atoms with E-state index in [2.05, 4.69) is 27.7 Å². The average Bonchev–Trinajstić information content (AvgIpc) is 3.31. The van der Waals surface area contributed by atoms with E-state index in [0.29, 0.717) is 12.3 Å². The smallest absolute Gasteiger partial charge is 0.117 e. The molecule has 1 aliphatic carbocycles. The van der Waals surface area contributed by atoms with Crippen LogP contribution in [0.5, 0.6) is 0 Å². The lowest BCUT2D eigenvalue weighted by Crippen LogP contribution is -2.23. The molecule has 2 atom stereocenters. The second-order valence-electron chi connectivity index (χ2n) is 6.75. The lowest BCUT2D eigenvalue weighted by Gasteiger charge is -2.21. The normalized spacial score (nSPS) is 21.7. The summed E-state index contributed by atoms with van der Waals surface area (Å²) in [6.45, 7) is 2.03. The number of fused-ring (bicyclic) bond motifs is 1. The van der Waals surface area contributed by atoms with Gasteiger partial charge in [0.25, 0.3) is 0 Å². The Balaban J connectivity index is 1.66. The summed E-state index contributed by atoms with van der Waals surface area (Å²) in [5, 5.41) is 17.1. The van der Waals surface area contributed by atoms with Gasteiger partial charge in [-0.25, -0.2) is 0 Å². The Morgan fingerprint density at radius 3 is 3.04 bits per heavy atom. The molecule has 6 nitrogen and oxygen atoms in total. The fourth-order valence-electron chi connectivity index (χ4n) is 3.97. The molecule has 0 aromatic carbocycles. The number of hydrogen-bond donors (Lipinski definition) is 2. The maximum atomic E-state index is 9.22. The summed E-state index contributed by atoms with van der Waals surface area (Å²) in [6, 6.07) is 4.56. The fraction of sp³-hybridized carbons (Fsp3) is 0.500. The number of anilines is 1. The van der Waals surface area contributed by atoms with Crippen LogP contribution in [0.1, 0.15) is 56.2 Å². The molecular formula is C18H22N6. The quantitative estimate of drug-likeness (QED) is 0.904. The number of aromatic amines is 1. The Morgan fingerprint density at radius 2 is 2.25 bits per heavy atom. The van der Waals surface area contributed by atoms with Crippen LogP contribution in [0.4, 0.5) is 5.82 Å². The minimum absolute atomic E-state index is 0.0271. The third kappa shape index (κ3) is 2.60. The van der Waals surface area contributed by atoms with Gasteiger partial charge in [0, 0.05) is 23.5 Å². The molecule has 0 saturated heterocycles. The summed E-state index contributed by atoms with van der Waals surface area (Å²) in [4.78, 5) is 7.97. The third-order valence-corrected chi connectivity index (χ3v) is 5.14. The summed E-state index contributed by atoms with van der Waals surface area (Å²) >= 11 is 0. The molecule has 0 amide bonds. The Kier molecular flexibility index (Phi) is 3.85. The number of nitrogens with one attached hydrogen (secondary N) is 2. The maximum Gasteiger partial charge on any atom is 0.117 e. The van der Waals surface area contributed by atoms with Crippen LogP contribution in [-0.4, -0.2) is 26.6 Å². The molecule has 3 heterocycles. The van der Waals surface area contributed by atoms with Gasteiger partial charge in [0.05, 0.1) is 30.4 Å². The van der Waals surface area contributed by atoms with E-state index in [9.17, 15) is 5.26 Å². The van der Waals surface area contributed by atoms with Crippen molar-refractivity contribution in [1.82, 2.24) is 14.8 Å². The molecule has 1 aliphatic heterocycles. The van der Waals surface area contributed by atoms with Crippen LogP contribution in [0.15, 0.2) is 29.6 Å². The molecule has 0 radical (unpaired) electrons. The predicted molar refractivity (Wildman–Crippen MR) is 93.0 cm³/mol. The average molecular weight is 322 g/mol. The highest BCUT2D eigenvalue weighted by molar-refractivity contribution is 6.16. The van der Waals surface area contributed by atoms with E-state index in [1.807, 2.05) is 30.1 Å². The van der Waals surface area contributed by atoms with Crippen molar-refractivity contribution in [3.05, 3.63) is 35.8 Å². The number of hydrogen-bond acceptors (Lipinski definition) is 4. The standard InChI is InChI=1S/C18H22N6/c1-12-22-17(15-7-9-20-18(15)23-12)14-10-21-24(11-14)16(6-8-19)13-4-2-3-5-13/h7,9-13,16,20,23H,2-6H2,1H3/t12?,16-/m1/s1. The van der Waals surface area contributed by atoms with Gasteiger partial charge in [-0.3, -0.25) is 9.67 Å². The van der Waals surface area contributed by atoms with Gasteiger partial charge in [0.15, 0.2) is 0 Å². The lowest BCUT2D eigenvalue weighted by molar-refractivity contribution is 0.314. The third-order valence-electron chi connectivity index (χ3n) is 5.14. The predicted octanol–water partition coefficient (Wildman–Crippen LogP) is 3.47. The Morgan fingerprint density at radius 1 is 1.42 bits per heavy atom. The highest BCUT2D eigenvalue weighted by atomic mass is 15.3. The summed E-state index contributed by atoms with van der Waals surface area (Å²) in [6.07, 6.45) is 11.3. The van der Waals surface area contributed by atoms with Gasteiger partial charge >= 0.3 is 0 Å². The molecule has 1 unspecified atom stereocenters. The molecule has 6 heteroatoms. The maximum absolute atomic E-state index is 9.22. The topological polar surface area (TPSA) is 81.8 Å². The second kappa shape index (κ2) is 6.16. The first-order valence-corrected chi connectivity index (χ1v) is 8.70. The van der Waals surface area contributed by atoms with Crippen molar-refractivity contribution < 1.29 is 0 Å². The van der Waals surface area contributed by atoms with E-state index in [0.717, 1.165) is 22.7 Å². The van der Waals surface area contributed by atoms with Crippen molar-refractivity contribution in [2.24, 2.45) is 10.9 Å². The van der Waals surface area contributed by atoms with E-state index in [-0.39, 0.29) is 12.2 Å². The molecule has 2 N–H and O–H groups in total. The van der Waals surface area contributed by atoms with Crippen molar-refractivity contribution in [1.29, 1.82) is 5.26 Å². The molecule has 1 saturated carbocycles. The zero-order valence-corrected chi connectivity index (χ0v) is 13.9. The molecule has 2 aliphatic rings. The molecule has 0 spiro atoms. The first kappa shape index (κ1) is 15.0. The first-order chi connectivity index (χ1) is 11.8. The van der Waals surface area contributed by atoms with Crippen LogP contribution in [0, 0.1) is 17.2 Å². The minimum atomic E-state index is 0.0271. The van der Waals surface area contributed by atoms with Crippen LogP contribution in [-0.2, 0) is 0 Å². The number of rotatable bonds is 4. The Labute approximate surface area is 141 Å². The monoisotopic (exact) mass is 322 g/mol. The van der Waals surface area contributed by atoms with Gasteiger partial charge in [-0.05, 0) is 31.7 Å². The highest BCUT2D eigenvalue weighted by Crippen LogP contribution is 2.36. The number of H-pyrrole nitrogens is 1. The molecule has 124 valence electrons.